The molecule has 2 atom stereocenters. The lowest BCUT2D eigenvalue weighted by Gasteiger charge is -2.36. The first-order valence-corrected chi connectivity index (χ1v) is 7.90. The van der Waals surface area contributed by atoms with E-state index in [0.717, 1.165) is 10.0 Å². The Kier molecular flexibility index (Phi) is 7.16. The quantitative estimate of drug-likeness (QED) is 0.769. The van der Waals surface area contributed by atoms with Gasteiger partial charge in [0.1, 0.15) is 0 Å². The van der Waals surface area contributed by atoms with Gasteiger partial charge in [-0.05, 0) is 31.0 Å². The number of hydrogen-bond donors (Lipinski definition) is 1. The molecule has 0 aliphatic rings. The predicted octanol–water partition coefficient (Wildman–Crippen LogP) is 4.50. The third-order valence-electron chi connectivity index (χ3n) is 3.39. The average molecular weight is 367 g/mol. The van der Waals surface area contributed by atoms with Crippen LogP contribution < -0.4 is 5.73 Å². The summed E-state index contributed by atoms with van der Waals surface area (Å²) in [4.78, 5) is 1.44. The Morgan fingerprint density at radius 2 is 1.86 bits per heavy atom. The second kappa shape index (κ2) is 8.15. The van der Waals surface area contributed by atoms with Gasteiger partial charge >= 0.3 is 6.18 Å². The summed E-state index contributed by atoms with van der Waals surface area (Å²) >= 11 is 3.43. The van der Waals surface area contributed by atoms with Crippen LogP contribution in [0.3, 0.4) is 0 Å². The highest BCUT2D eigenvalue weighted by Crippen LogP contribution is 2.33. The van der Waals surface area contributed by atoms with Crippen molar-refractivity contribution >= 4 is 15.9 Å². The van der Waals surface area contributed by atoms with E-state index in [-0.39, 0.29) is 6.04 Å². The van der Waals surface area contributed by atoms with Crippen molar-refractivity contribution in [1.29, 1.82) is 0 Å². The molecule has 0 fully saturated rings. The summed E-state index contributed by atoms with van der Waals surface area (Å²) in [5, 5.41) is 0. The first-order chi connectivity index (χ1) is 9.80. The summed E-state index contributed by atoms with van der Waals surface area (Å²) in [6, 6.07) is 6.54. The summed E-state index contributed by atoms with van der Waals surface area (Å²) in [5.41, 5.74) is 6.95. The van der Waals surface area contributed by atoms with Crippen molar-refractivity contribution < 1.29 is 13.2 Å². The van der Waals surface area contributed by atoms with Crippen molar-refractivity contribution in [3.05, 3.63) is 34.3 Å². The molecule has 0 aliphatic carbocycles. The minimum absolute atomic E-state index is 0.349. The molecule has 21 heavy (non-hydrogen) atoms. The van der Waals surface area contributed by atoms with Crippen molar-refractivity contribution in [3.63, 3.8) is 0 Å². The Hall–Kier alpha value is -0.590. The summed E-state index contributed by atoms with van der Waals surface area (Å²) < 4.78 is 39.4. The molecule has 0 aliphatic heterocycles. The Balaban J connectivity index is 3.17. The van der Waals surface area contributed by atoms with Gasteiger partial charge in [-0.15, -0.1) is 0 Å². The first-order valence-electron chi connectivity index (χ1n) is 7.11. The third-order valence-corrected chi connectivity index (χ3v) is 4.11. The third kappa shape index (κ3) is 5.60. The van der Waals surface area contributed by atoms with Crippen LogP contribution in [-0.2, 0) is 0 Å². The zero-order valence-electron chi connectivity index (χ0n) is 12.3. The summed E-state index contributed by atoms with van der Waals surface area (Å²) in [5.74, 6) is 0. The Bertz CT molecular complexity index is 437. The largest absolute Gasteiger partial charge is 0.401 e. The molecule has 1 aromatic rings. The SMILES string of the molecule is CCCN(CC(F)(F)F)C(c1ccccc1Br)C(N)CC. The van der Waals surface area contributed by atoms with Crippen LogP contribution in [0.25, 0.3) is 0 Å². The minimum Gasteiger partial charge on any atom is -0.326 e. The van der Waals surface area contributed by atoms with Crippen LogP contribution in [0, 0.1) is 0 Å². The van der Waals surface area contributed by atoms with Gasteiger partial charge in [0, 0.05) is 10.5 Å². The normalized spacial score (nSPS) is 15.2. The van der Waals surface area contributed by atoms with Crippen LogP contribution in [0.1, 0.15) is 38.3 Å². The number of hydrogen-bond acceptors (Lipinski definition) is 2. The van der Waals surface area contributed by atoms with E-state index in [9.17, 15) is 13.2 Å². The number of nitrogens with two attached hydrogens (primary N) is 1. The van der Waals surface area contributed by atoms with Gasteiger partial charge in [0.2, 0.25) is 0 Å². The molecule has 0 amide bonds. The molecule has 0 aromatic heterocycles. The van der Waals surface area contributed by atoms with Gasteiger partial charge in [-0.3, -0.25) is 4.90 Å². The maximum atomic E-state index is 12.9. The van der Waals surface area contributed by atoms with E-state index < -0.39 is 18.8 Å². The maximum absolute atomic E-state index is 12.9. The van der Waals surface area contributed by atoms with Crippen LogP contribution in [0.5, 0.6) is 0 Å². The van der Waals surface area contributed by atoms with E-state index in [4.69, 9.17) is 5.73 Å². The minimum atomic E-state index is -4.23. The summed E-state index contributed by atoms with van der Waals surface area (Å²) in [6.45, 7) is 3.18. The van der Waals surface area contributed by atoms with Gasteiger partial charge in [0.25, 0.3) is 0 Å². The van der Waals surface area contributed by atoms with Crippen molar-refractivity contribution in [1.82, 2.24) is 4.90 Å². The molecule has 2 nitrogen and oxygen atoms in total. The van der Waals surface area contributed by atoms with Gasteiger partial charge in [0.05, 0.1) is 12.6 Å². The first kappa shape index (κ1) is 18.5. The van der Waals surface area contributed by atoms with Gasteiger partial charge in [0.15, 0.2) is 0 Å². The maximum Gasteiger partial charge on any atom is 0.401 e. The van der Waals surface area contributed by atoms with Crippen molar-refractivity contribution in [2.24, 2.45) is 5.73 Å². The topological polar surface area (TPSA) is 29.3 Å². The lowest BCUT2D eigenvalue weighted by molar-refractivity contribution is -0.152. The fraction of sp³-hybridized carbons (Fsp3) is 0.600. The molecule has 120 valence electrons. The molecule has 0 radical (unpaired) electrons. The second-order valence-corrected chi connectivity index (χ2v) is 5.98. The Morgan fingerprint density at radius 3 is 2.33 bits per heavy atom. The smallest absolute Gasteiger partial charge is 0.326 e. The van der Waals surface area contributed by atoms with Crippen LogP contribution in [-0.4, -0.2) is 30.2 Å². The lowest BCUT2D eigenvalue weighted by Crippen LogP contribution is -2.45. The van der Waals surface area contributed by atoms with Crippen LogP contribution in [0.4, 0.5) is 13.2 Å². The monoisotopic (exact) mass is 366 g/mol. The Labute approximate surface area is 132 Å². The van der Waals surface area contributed by atoms with E-state index >= 15 is 0 Å². The molecule has 1 aromatic carbocycles. The molecule has 2 N–H and O–H groups in total. The number of alkyl halides is 3. The van der Waals surface area contributed by atoms with Crippen molar-refractivity contribution in [2.75, 3.05) is 13.1 Å². The zero-order chi connectivity index (χ0) is 16.0. The fourth-order valence-corrected chi connectivity index (χ4v) is 2.99. The number of nitrogens with zero attached hydrogens (tertiary/aromatic N) is 1. The van der Waals surface area contributed by atoms with Gasteiger partial charge in [-0.2, -0.15) is 13.2 Å². The lowest BCUT2D eigenvalue weighted by atomic mass is 9.96. The molecule has 0 spiro atoms. The fourth-order valence-electron chi connectivity index (χ4n) is 2.47. The van der Waals surface area contributed by atoms with E-state index in [1.54, 1.807) is 0 Å². The molecule has 0 saturated heterocycles. The molecule has 0 heterocycles. The molecule has 6 heteroatoms. The molecule has 0 bridgehead atoms. The van der Waals surface area contributed by atoms with Crippen LogP contribution in [0.15, 0.2) is 28.7 Å². The van der Waals surface area contributed by atoms with Gasteiger partial charge < -0.3 is 5.73 Å². The van der Waals surface area contributed by atoms with E-state index in [2.05, 4.69) is 15.9 Å². The molecule has 1 rings (SSSR count). The van der Waals surface area contributed by atoms with E-state index in [0.29, 0.717) is 19.4 Å². The highest BCUT2D eigenvalue weighted by atomic mass is 79.9. The second-order valence-electron chi connectivity index (χ2n) is 5.12. The Morgan fingerprint density at radius 1 is 1.24 bits per heavy atom. The summed E-state index contributed by atoms with van der Waals surface area (Å²) in [7, 11) is 0. The van der Waals surface area contributed by atoms with Crippen LogP contribution in [0.2, 0.25) is 0 Å². The van der Waals surface area contributed by atoms with E-state index in [1.165, 1.54) is 4.90 Å². The molecular formula is C15H22BrF3N2. The average Bonchev–Trinajstić information content (AvgIpc) is 2.39. The molecule has 0 saturated carbocycles. The number of rotatable bonds is 7. The number of halogens is 4. The summed E-state index contributed by atoms with van der Waals surface area (Å²) in [6.07, 6.45) is -2.97. The van der Waals surface area contributed by atoms with E-state index in [1.807, 2.05) is 38.1 Å². The van der Waals surface area contributed by atoms with Gasteiger partial charge in [-0.1, -0.05) is 48.0 Å². The number of benzene rings is 1. The standard InChI is InChI=1S/C15H22BrF3N2/c1-3-9-21(10-15(17,18)19)14(13(20)4-2)11-7-5-6-8-12(11)16/h5-8,13-14H,3-4,9-10,20H2,1-2H3. The predicted molar refractivity (Wildman–Crippen MR) is 83.1 cm³/mol. The highest BCUT2D eigenvalue weighted by molar-refractivity contribution is 9.10. The molecular weight excluding hydrogens is 345 g/mol. The highest BCUT2D eigenvalue weighted by Gasteiger charge is 2.36. The van der Waals surface area contributed by atoms with Crippen molar-refractivity contribution in [2.45, 2.75) is 44.9 Å². The zero-order valence-corrected chi connectivity index (χ0v) is 13.9. The molecule has 2 unspecified atom stereocenters. The van der Waals surface area contributed by atoms with Gasteiger partial charge in [-0.25, -0.2) is 0 Å². The van der Waals surface area contributed by atoms with Crippen LogP contribution >= 0.6 is 15.9 Å². The van der Waals surface area contributed by atoms with Crippen molar-refractivity contribution in [3.8, 4) is 0 Å².